The second-order valence-electron chi connectivity index (χ2n) is 4.74. The summed E-state index contributed by atoms with van der Waals surface area (Å²) in [5, 5.41) is 3.94. The topological polar surface area (TPSA) is 63.2 Å². The second-order valence-corrected chi connectivity index (χ2v) is 4.74. The van der Waals surface area contributed by atoms with Crippen LogP contribution >= 0.6 is 0 Å². The van der Waals surface area contributed by atoms with E-state index in [9.17, 15) is 4.79 Å². The van der Waals surface area contributed by atoms with Crippen molar-refractivity contribution in [2.75, 3.05) is 39.5 Å². The number of amides is 1. The first-order valence-electron chi connectivity index (χ1n) is 7.06. The minimum atomic E-state index is -0.132. The van der Waals surface area contributed by atoms with Gasteiger partial charge in [0.15, 0.2) is 0 Å². The van der Waals surface area contributed by atoms with Crippen LogP contribution in [0.5, 0.6) is 5.75 Å². The van der Waals surface area contributed by atoms with E-state index in [2.05, 4.69) is 16.4 Å². The van der Waals surface area contributed by atoms with Crippen LogP contribution in [0.2, 0.25) is 0 Å². The molecule has 2 rings (SSSR count). The number of rotatable bonds is 6. The van der Waals surface area contributed by atoms with Crippen LogP contribution in [0, 0.1) is 12.3 Å². The van der Waals surface area contributed by atoms with Crippen LogP contribution in [0.4, 0.5) is 0 Å². The fraction of sp³-hybridized carbons (Fsp3) is 0.375. The molecule has 0 radical (unpaired) electrons. The summed E-state index contributed by atoms with van der Waals surface area (Å²) in [7, 11) is 0. The van der Waals surface area contributed by atoms with Crippen LogP contribution in [0.1, 0.15) is 5.56 Å². The third-order valence-electron chi connectivity index (χ3n) is 3.08. The van der Waals surface area contributed by atoms with E-state index >= 15 is 0 Å². The van der Waals surface area contributed by atoms with E-state index in [1.54, 1.807) is 18.3 Å². The van der Waals surface area contributed by atoms with Crippen LogP contribution < -0.4 is 10.2 Å². The summed E-state index contributed by atoms with van der Waals surface area (Å²) in [5.74, 6) is 2.97. The molecule has 6 nitrogen and oxygen atoms in total. The van der Waals surface area contributed by atoms with Crippen molar-refractivity contribution in [2.24, 2.45) is 5.10 Å². The third-order valence-corrected chi connectivity index (χ3v) is 3.08. The largest absolute Gasteiger partial charge is 0.481 e. The lowest BCUT2D eigenvalue weighted by Gasteiger charge is -2.25. The molecule has 1 aromatic rings. The number of ether oxygens (including phenoxy) is 2. The normalized spacial score (nSPS) is 15.4. The first-order chi connectivity index (χ1) is 10.8. The zero-order valence-corrected chi connectivity index (χ0v) is 12.3. The van der Waals surface area contributed by atoms with Crippen LogP contribution in [0.15, 0.2) is 29.4 Å². The van der Waals surface area contributed by atoms with Gasteiger partial charge >= 0.3 is 0 Å². The summed E-state index contributed by atoms with van der Waals surface area (Å²) in [6.07, 6.45) is 6.71. The Bertz CT molecular complexity index is 543. The van der Waals surface area contributed by atoms with E-state index < -0.39 is 0 Å². The first-order valence-corrected chi connectivity index (χ1v) is 7.06. The Morgan fingerprint density at radius 2 is 2.14 bits per heavy atom. The average molecular weight is 301 g/mol. The first kappa shape index (κ1) is 16.0. The van der Waals surface area contributed by atoms with Gasteiger partial charge in [0.05, 0.1) is 26.0 Å². The van der Waals surface area contributed by atoms with Crippen molar-refractivity contribution >= 4 is 12.1 Å². The number of nitrogens with one attached hydrogen (secondary N) is 1. The lowest BCUT2D eigenvalue weighted by Crippen LogP contribution is -2.42. The highest BCUT2D eigenvalue weighted by molar-refractivity contribution is 5.83. The standard InChI is InChI=1S/C16H19N3O3/c1-2-9-22-15-5-3-14(4-6-15)12-17-18-16(20)13-19-7-10-21-11-8-19/h1,3-6,12H,7-11,13H2,(H,18,20)/b17-12+. The van der Waals surface area contributed by atoms with Gasteiger partial charge in [-0.15, -0.1) is 6.42 Å². The molecule has 0 saturated carbocycles. The molecule has 0 atom stereocenters. The molecule has 116 valence electrons. The molecule has 1 amide bonds. The van der Waals surface area contributed by atoms with Gasteiger partial charge in [0.2, 0.25) is 0 Å². The highest BCUT2D eigenvalue weighted by atomic mass is 16.5. The van der Waals surface area contributed by atoms with Crippen molar-refractivity contribution in [2.45, 2.75) is 0 Å². The Hall–Kier alpha value is -2.36. The molecular weight excluding hydrogens is 282 g/mol. The number of carbonyl (C=O) groups excluding carboxylic acids is 1. The molecule has 0 unspecified atom stereocenters. The Morgan fingerprint density at radius 1 is 1.41 bits per heavy atom. The molecule has 0 aromatic heterocycles. The van der Waals surface area contributed by atoms with Crippen molar-refractivity contribution in [3.63, 3.8) is 0 Å². The second kappa shape index (κ2) is 8.82. The summed E-state index contributed by atoms with van der Waals surface area (Å²) in [4.78, 5) is 13.8. The zero-order valence-electron chi connectivity index (χ0n) is 12.3. The number of hydrogen-bond donors (Lipinski definition) is 1. The predicted molar refractivity (Wildman–Crippen MR) is 83.8 cm³/mol. The maximum absolute atomic E-state index is 11.7. The van der Waals surface area contributed by atoms with E-state index in [1.807, 2.05) is 17.0 Å². The van der Waals surface area contributed by atoms with Gasteiger partial charge in [0.1, 0.15) is 12.4 Å². The average Bonchev–Trinajstić information content (AvgIpc) is 2.55. The summed E-state index contributed by atoms with van der Waals surface area (Å²) in [5.41, 5.74) is 3.38. The van der Waals surface area contributed by atoms with Crippen molar-refractivity contribution in [1.82, 2.24) is 10.3 Å². The molecule has 1 heterocycles. The van der Waals surface area contributed by atoms with Gasteiger partial charge in [0, 0.05) is 13.1 Å². The highest BCUT2D eigenvalue weighted by Crippen LogP contribution is 2.10. The smallest absolute Gasteiger partial charge is 0.254 e. The van der Waals surface area contributed by atoms with Gasteiger partial charge in [-0.3, -0.25) is 9.69 Å². The third kappa shape index (κ3) is 5.56. The summed E-state index contributed by atoms with van der Waals surface area (Å²) in [6, 6.07) is 7.27. The molecule has 1 aromatic carbocycles. The van der Waals surface area contributed by atoms with Crippen LogP contribution in [-0.2, 0) is 9.53 Å². The van der Waals surface area contributed by atoms with Gasteiger partial charge < -0.3 is 9.47 Å². The highest BCUT2D eigenvalue weighted by Gasteiger charge is 2.13. The van der Waals surface area contributed by atoms with E-state index in [-0.39, 0.29) is 12.5 Å². The van der Waals surface area contributed by atoms with E-state index in [0.29, 0.717) is 25.5 Å². The molecular formula is C16H19N3O3. The summed E-state index contributed by atoms with van der Waals surface area (Å²) >= 11 is 0. The molecule has 0 spiro atoms. The molecule has 1 N–H and O–H groups in total. The SMILES string of the molecule is C#CCOc1ccc(/C=N/NC(=O)CN2CCOCC2)cc1. The molecule has 1 aliphatic heterocycles. The Kier molecular flexibility index (Phi) is 6.42. The molecule has 1 aliphatic rings. The summed E-state index contributed by atoms with van der Waals surface area (Å²) in [6.45, 7) is 3.46. The fourth-order valence-electron chi connectivity index (χ4n) is 1.95. The van der Waals surface area contributed by atoms with Gasteiger partial charge in [-0.2, -0.15) is 5.10 Å². The minimum absolute atomic E-state index is 0.132. The minimum Gasteiger partial charge on any atom is -0.481 e. The number of hydrazone groups is 1. The van der Waals surface area contributed by atoms with Gasteiger partial charge in [-0.05, 0) is 29.8 Å². The van der Waals surface area contributed by atoms with Crippen LogP contribution in [-0.4, -0.2) is 56.5 Å². The molecule has 0 aliphatic carbocycles. The number of carbonyl (C=O) groups is 1. The summed E-state index contributed by atoms with van der Waals surface area (Å²) < 4.78 is 10.5. The van der Waals surface area contributed by atoms with Gasteiger partial charge in [-0.25, -0.2) is 5.43 Å². The molecule has 1 fully saturated rings. The Labute approximate surface area is 130 Å². The van der Waals surface area contributed by atoms with Crippen molar-refractivity contribution in [1.29, 1.82) is 0 Å². The molecule has 6 heteroatoms. The fourth-order valence-corrected chi connectivity index (χ4v) is 1.95. The quantitative estimate of drug-likeness (QED) is 0.472. The van der Waals surface area contributed by atoms with Gasteiger partial charge in [0.25, 0.3) is 5.91 Å². The monoisotopic (exact) mass is 301 g/mol. The number of nitrogens with zero attached hydrogens (tertiary/aromatic N) is 2. The van der Waals surface area contributed by atoms with Crippen molar-refractivity contribution < 1.29 is 14.3 Å². The number of morpholine rings is 1. The van der Waals surface area contributed by atoms with Gasteiger partial charge in [-0.1, -0.05) is 5.92 Å². The lowest BCUT2D eigenvalue weighted by atomic mass is 10.2. The number of terminal acetylenes is 1. The van der Waals surface area contributed by atoms with Crippen LogP contribution in [0.3, 0.4) is 0 Å². The van der Waals surface area contributed by atoms with E-state index in [1.165, 1.54) is 0 Å². The predicted octanol–water partition coefficient (Wildman–Crippen LogP) is 0.481. The maximum atomic E-state index is 11.7. The van der Waals surface area contributed by atoms with Crippen molar-refractivity contribution in [3.8, 4) is 18.1 Å². The zero-order chi connectivity index (χ0) is 15.6. The van der Waals surface area contributed by atoms with E-state index in [4.69, 9.17) is 15.9 Å². The Morgan fingerprint density at radius 3 is 2.82 bits per heavy atom. The number of hydrogen-bond acceptors (Lipinski definition) is 5. The number of benzene rings is 1. The van der Waals surface area contributed by atoms with Crippen molar-refractivity contribution in [3.05, 3.63) is 29.8 Å². The molecule has 1 saturated heterocycles. The molecule has 0 bridgehead atoms. The molecule has 22 heavy (non-hydrogen) atoms. The van der Waals surface area contributed by atoms with E-state index in [0.717, 1.165) is 18.7 Å². The lowest BCUT2D eigenvalue weighted by molar-refractivity contribution is -0.123. The Balaban J connectivity index is 1.74. The maximum Gasteiger partial charge on any atom is 0.254 e. The van der Waals surface area contributed by atoms with Crippen LogP contribution in [0.25, 0.3) is 0 Å².